The van der Waals surface area contributed by atoms with Gasteiger partial charge in [-0.05, 0) is 60.9 Å². The molecule has 7 nitrogen and oxygen atoms in total. The van der Waals surface area contributed by atoms with Crippen LogP contribution in [-0.2, 0) is 26.2 Å². The third kappa shape index (κ3) is 7.91. The number of benzene rings is 3. The van der Waals surface area contributed by atoms with Crippen LogP contribution in [0, 0.1) is 5.92 Å². The first-order valence-electron chi connectivity index (χ1n) is 12.1. The summed E-state index contributed by atoms with van der Waals surface area (Å²) in [6.07, 6.45) is 0. The van der Waals surface area contributed by atoms with Crippen molar-refractivity contribution in [3.8, 4) is 0 Å². The number of carbonyl (C=O) groups excluding carboxylic acids is 2. The second-order valence-corrected chi connectivity index (χ2v) is 13.0. The van der Waals surface area contributed by atoms with Crippen LogP contribution in [-0.4, -0.2) is 44.3 Å². The maximum absolute atomic E-state index is 13.9. The molecule has 10 heteroatoms. The van der Waals surface area contributed by atoms with Crippen molar-refractivity contribution < 1.29 is 18.0 Å². The summed E-state index contributed by atoms with van der Waals surface area (Å²) in [6, 6.07) is 21.4. The molecule has 0 aliphatic carbocycles. The smallest absolute Gasteiger partial charge is 0.264 e. The minimum Gasteiger partial charge on any atom is -0.354 e. The van der Waals surface area contributed by atoms with Crippen molar-refractivity contribution in [1.29, 1.82) is 0 Å². The van der Waals surface area contributed by atoms with Crippen molar-refractivity contribution in [2.45, 2.75) is 38.3 Å². The number of halogens is 2. The highest BCUT2D eigenvalue weighted by atomic mass is 79.9. The average molecular weight is 665 g/mol. The molecule has 202 valence electrons. The van der Waals surface area contributed by atoms with Crippen molar-refractivity contribution >= 4 is 59.4 Å². The normalized spacial score (nSPS) is 12.2. The van der Waals surface area contributed by atoms with E-state index in [0.717, 1.165) is 14.3 Å². The number of hydrogen-bond donors (Lipinski definition) is 1. The summed E-state index contributed by atoms with van der Waals surface area (Å²) in [7, 11) is -4.09. The van der Waals surface area contributed by atoms with Crippen LogP contribution in [0.1, 0.15) is 26.3 Å². The first-order valence-corrected chi connectivity index (χ1v) is 15.2. The Labute approximate surface area is 241 Å². The molecule has 0 aliphatic rings. The molecule has 0 fully saturated rings. The molecular weight excluding hydrogens is 634 g/mol. The molecule has 0 spiro atoms. The zero-order valence-corrected chi connectivity index (χ0v) is 25.5. The Hall–Kier alpha value is -2.69. The molecule has 0 aliphatic heterocycles. The minimum absolute atomic E-state index is 0.0639. The van der Waals surface area contributed by atoms with Crippen molar-refractivity contribution in [3.05, 3.63) is 93.4 Å². The fourth-order valence-corrected chi connectivity index (χ4v) is 6.01. The summed E-state index contributed by atoms with van der Waals surface area (Å²) < 4.78 is 30.1. The number of amides is 2. The Morgan fingerprint density at radius 3 is 2.11 bits per heavy atom. The van der Waals surface area contributed by atoms with Crippen LogP contribution in [0.15, 0.2) is 92.7 Å². The molecule has 0 heterocycles. The second-order valence-electron chi connectivity index (χ2n) is 9.27. The molecular formula is C28H31Br2N3O4S. The molecule has 1 N–H and O–H groups in total. The number of nitrogens with zero attached hydrogens (tertiary/aromatic N) is 2. The number of anilines is 1. The van der Waals surface area contributed by atoms with Gasteiger partial charge >= 0.3 is 0 Å². The van der Waals surface area contributed by atoms with Gasteiger partial charge in [-0.3, -0.25) is 13.9 Å². The highest BCUT2D eigenvalue weighted by molar-refractivity contribution is 9.10. The summed E-state index contributed by atoms with van der Waals surface area (Å²) in [5.74, 6) is -0.568. The van der Waals surface area contributed by atoms with E-state index in [0.29, 0.717) is 16.7 Å². The van der Waals surface area contributed by atoms with E-state index in [1.807, 2.05) is 38.1 Å². The van der Waals surface area contributed by atoms with Gasteiger partial charge in [0, 0.05) is 22.0 Å². The molecule has 0 aromatic heterocycles. The molecule has 3 aromatic carbocycles. The predicted molar refractivity (Wildman–Crippen MR) is 157 cm³/mol. The average Bonchev–Trinajstić information content (AvgIpc) is 2.88. The van der Waals surface area contributed by atoms with E-state index >= 15 is 0 Å². The van der Waals surface area contributed by atoms with Gasteiger partial charge < -0.3 is 10.2 Å². The molecule has 1 atom stereocenters. The molecule has 0 radical (unpaired) electrons. The maximum Gasteiger partial charge on any atom is 0.264 e. The maximum atomic E-state index is 13.9. The predicted octanol–water partition coefficient (Wildman–Crippen LogP) is 5.60. The van der Waals surface area contributed by atoms with E-state index < -0.39 is 28.5 Å². The van der Waals surface area contributed by atoms with Crippen molar-refractivity contribution in [1.82, 2.24) is 10.2 Å². The van der Waals surface area contributed by atoms with Crippen molar-refractivity contribution in [3.63, 3.8) is 0 Å². The Morgan fingerprint density at radius 2 is 1.50 bits per heavy atom. The van der Waals surface area contributed by atoms with Gasteiger partial charge in [0.15, 0.2) is 0 Å². The summed E-state index contributed by atoms with van der Waals surface area (Å²) in [6.45, 7) is 5.74. The number of hydrogen-bond acceptors (Lipinski definition) is 4. The zero-order chi connectivity index (χ0) is 27.9. The number of rotatable bonds is 11. The summed E-state index contributed by atoms with van der Waals surface area (Å²) in [4.78, 5) is 28.4. The van der Waals surface area contributed by atoms with E-state index in [-0.39, 0.29) is 23.3 Å². The quantitative estimate of drug-likeness (QED) is 0.289. The van der Waals surface area contributed by atoms with Gasteiger partial charge in [-0.15, -0.1) is 0 Å². The monoisotopic (exact) mass is 663 g/mol. The van der Waals surface area contributed by atoms with Crippen LogP contribution >= 0.6 is 31.9 Å². The lowest BCUT2D eigenvalue weighted by Crippen LogP contribution is -2.51. The van der Waals surface area contributed by atoms with E-state index in [1.165, 1.54) is 17.0 Å². The van der Waals surface area contributed by atoms with Gasteiger partial charge in [0.25, 0.3) is 10.0 Å². The van der Waals surface area contributed by atoms with Crippen molar-refractivity contribution in [2.24, 2.45) is 5.92 Å². The Balaban J connectivity index is 2.00. The number of sulfonamides is 1. The Bertz CT molecular complexity index is 1370. The van der Waals surface area contributed by atoms with Gasteiger partial charge in [-0.25, -0.2) is 8.42 Å². The van der Waals surface area contributed by atoms with Gasteiger partial charge in [0.1, 0.15) is 12.6 Å². The fourth-order valence-electron chi connectivity index (χ4n) is 3.75. The van der Waals surface area contributed by atoms with Crippen LogP contribution in [0.5, 0.6) is 0 Å². The van der Waals surface area contributed by atoms with Crippen LogP contribution in [0.4, 0.5) is 5.69 Å². The lowest BCUT2D eigenvalue weighted by molar-refractivity contribution is -0.139. The third-order valence-corrected chi connectivity index (χ3v) is 8.57. The topological polar surface area (TPSA) is 86.8 Å². The van der Waals surface area contributed by atoms with E-state index in [2.05, 4.69) is 37.2 Å². The second kappa shape index (κ2) is 13.4. The Kier molecular flexibility index (Phi) is 10.5. The van der Waals surface area contributed by atoms with Crippen LogP contribution in [0.2, 0.25) is 0 Å². The fraction of sp³-hybridized carbons (Fsp3) is 0.286. The molecule has 0 saturated carbocycles. The van der Waals surface area contributed by atoms with E-state index in [4.69, 9.17) is 0 Å². The molecule has 38 heavy (non-hydrogen) atoms. The van der Waals surface area contributed by atoms with Gasteiger partial charge in [0.05, 0.1) is 10.6 Å². The zero-order valence-electron chi connectivity index (χ0n) is 21.5. The molecule has 0 bridgehead atoms. The third-order valence-electron chi connectivity index (χ3n) is 5.80. The summed E-state index contributed by atoms with van der Waals surface area (Å²) >= 11 is 6.85. The summed E-state index contributed by atoms with van der Waals surface area (Å²) in [5, 5.41) is 2.88. The SMILES string of the molecule is CC(C)CNC(=O)[C@@H](C)N(Cc1cccc(Br)c1)C(=O)CN(c1cccc(Br)c1)S(=O)(=O)c1ccccc1. The highest BCUT2D eigenvalue weighted by Crippen LogP contribution is 2.27. The first-order chi connectivity index (χ1) is 18.0. The molecule has 0 saturated heterocycles. The standard InChI is InChI=1S/C28H31Br2N3O4S/c1-20(2)17-31-28(35)21(3)32(18-22-9-7-10-23(29)15-22)27(34)19-33(25-12-8-11-24(30)16-25)38(36,37)26-13-5-4-6-14-26/h4-16,20-21H,17-19H2,1-3H3,(H,31,35)/t21-/m1/s1. The van der Waals surface area contributed by atoms with Gasteiger partial charge in [-0.1, -0.05) is 82.1 Å². The highest BCUT2D eigenvalue weighted by Gasteiger charge is 2.32. The van der Waals surface area contributed by atoms with Crippen molar-refractivity contribution in [2.75, 3.05) is 17.4 Å². The summed E-state index contributed by atoms with van der Waals surface area (Å²) in [5.41, 5.74) is 1.13. The largest absolute Gasteiger partial charge is 0.354 e. The lowest BCUT2D eigenvalue weighted by Gasteiger charge is -2.32. The number of carbonyl (C=O) groups is 2. The van der Waals surface area contributed by atoms with Gasteiger partial charge in [-0.2, -0.15) is 0 Å². The number of nitrogens with one attached hydrogen (secondary N) is 1. The molecule has 0 unspecified atom stereocenters. The molecule has 3 rings (SSSR count). The first kappa shape index (κ1) is 29.9. The lowest BCUT2D eigenvalue weighted by atomic mass is 10.1. The Morgan fingerprint density at radius 1 is 0.868 bits per heavy atom. The van der Waals surface area contributed by atoms with Crippen LogP contribution < -0.4 is 9.62 Å². The van der Waals surface area contributed by atoms with Gasteiger partial charge in [0.2, 0.25) is 11.8 Å². The van der Waals surface area contributed by atoms with E-state index in [9.17, 15) is 18.0 Å². The minimum atomic E-state index is -4.09. The van der Waals surface area contributed by atoms with E-state index in [1.54, 1.807) is 49.4 Å². The van der Waals surface area contributed by atoms with Crippen LogP contribution in [0.25, 0.3) is 0 Å². The van der Waals surface area contributed by atoms with Crippen LogP contribution in [0.3, 0.4) is 0 Å². The molecule has 2 amide bonds. The molecule has 3 aromatic rings.